The van der Waals surface area contributed by atoms with Crippen LogP contribution in [0.3, 0.4) is 0 Å². The number of hydrogen-bond acceptors (Lipinski definition) is 5. The minimum Gasteiger partial charge on any atom is -0.496 e. The Labute approximate surface area is 140 Å². The van der Waals surface area contributed by atoms with E-state index in [2.05, 4.69) is 14.3 Å². The second kappa shape index (κ2) is 6.54. The summed E-state index contributed by atoms with van der Waals surface area (Å²) in [5.41, 5.74) is 1.71. The molecule has 1 aliphatic rings. The number of imidazole rings is 1. The Morgan fingerprint density at radius 2 is 2.26 bits per heavy atom. The molecule has 0 bridgehead atoms. The zero-order chi connectivity index (χ0) is 16.4. The Morgan fingerprint density at radius 3 is 2.96 bits per heavy atom. The van der Waals surface area contributed by atoms with Crippen LogP contribution in [0.15, 0.2) is 34.4 Å². The van der Waals surface area contributed by atoms with E-state index in [1.807, 2.05) is 13.1 Å². The molecule has 0 spiro atoms. The van der Waals surface area contributed by atoms with Crippen LogP contribution in [0.2, 0.25) is 0 Å². The van der Waals surface area contributed by atoms with Crippen molar-refractivity contribution in [2.75, 3.05) is 19.4 Å². The number of thioether (sulfide) groups is 1. The van der Waals surface area contributed by atoms with Crippen LogP contribution >= 0.6 is 11.8 Å². The standard InChI is InChI=1S/C15H19N3O3S2/c1-11-9-13(3-4-14(11)21-2)23(19,20)16-6-5-12-10-18-7-8-22-15(18)17-12/h3-4,9-10,16H,5-8H2,1-2H3. The lowest BCUT2D eigenvalue weighted by Gasteiger charge is -2.09. The predicted molar refractivity (Wildman–Crippen MR) is 89.6 cm³/mol. The van der Waals surface area contributed by atoms with Crippen LogP contribution < -0.4 is 9.46 Å². The number of nitrogens with one attached hydrogen (secondary N) is 1. The number of fused-ring (bicyclic) bond motifs is 1. The second-order valence-corrected chi connectivity index (χ2v) is 8.16. The number of methoxy groups -OCH3 is 1. The van der Waals surface area contributed by atoms with E-state index in [1.54, 1.807) is 37.1 Å². The van der Waals surface area contributed by atoms with E-state index in [4.69, 9.17) is 4.74 Å². The van der Waals surface area contributed by atoms with E-state index in [-0.39, 0.29) is 4.90 Å². The summed E-state index contributed by atoms with van der Waals surface area (Å²) in [6, 6.07) is 4.83. The van der Waals surface area contributed by atoms with Gasteiger partial charge in [-0.25, -0.2) is 18.1 Å². The molecule has 1 aromatic heterocycles. The van der Waals surface area contributed by atoms with Crippen molar-refractivity contribution in [1.82, 2.24) is 14.3 Å². The number of sulfonamides is 1. The number of aryl methyl sites for hydroxylation is 2. The maximum absolute atomic E-state index is 12.3. The molecule has 0 unspecified atom stereocenters. The molecule has 124 valence electrons. The number of nitrogens with zero attached hydrogens (tertiary/aromatic N) is 2. The van der Waals surface area contributed by atoms with Gasteiger partial charge in [0.1, 0.15) is 5.75 Å². The largest absolute Gasteiger partial charge is 0.496 e. The normalized spacial score (nSPS) is 14.0. The van der Waals surface area contributed by atoms with Gasteiger partial charge < -0.3 is 9.30 Å². The summed E-state index contributed by atoms with van der Waals surface area (Å²) in [5.74, 6) is 1.74. The van der Waals surface area contributed by atoms with Gasteiger partial charge in [0, 0.05) is 31.5 Å². The predicted octanol–water partition coefficient (Wildman–Crippen LogP) is 1.83. The lowest BCUT2D eigenvalue weighted by molar-refractivity contribution is 0.411. The van der Waals surface area contributed by atoms with Crippen molar-refractivity contribution in [3.63, 3.8) is 0 Å². The number of rotatable bonds is 6. The summed E-state index contributed by atoms with van der Waals surface area (Å²) in [7, 11) is -1.95. The van der Waals surface area contributed by atoms with E-state index in [1.165, 1.54) is 0 Å². The van der Waals surface area contributed by atoms with E-state index >= 15 is 0 Å². The van der Waals surface area contributed by atoms with Crippen LogP contribution in [-0.2, 0) is 23.0 Å². The Kier molecular flexibility index (Phi) is 4.65. The minimum atomic E-state index is -3.52. The van der Waals surface area contributed by atoms with Crippen LogP contribution in [0, 0.1) is 6.92 Å². The van der Waals surface area contributed by atoms with Crippen LogP contribution in [-0.4, -0.2) is 37.4 Å². The van der Waals surface area contributed by atoms with E-state index in [0.29, 0.717) is 18.7 Å². The molecule has 0 fully saturated rings. The number of hydrogen-bond donors (Lipinski definition) is 1. The first kappa shape index (κ1) is 16.4. The Balaban J connectivity index is 1.63. The lowest BCUT2D eigenvalue weighted by Crippen LogP contribution is -2.26. The quantitative estimate of drug-likeness (QED) is 0.858. The maximum Gasteiger partial charge on any atom is 0.240 e. The molecule has 1 N–H and O–H groups in total. The number of aromatic nitrogens is 2. The molecule has 23 heavy (non-hydrogen) atoms. The molecule has 0 radical (unpaired) electrons. The average Bonchev–Trinajstić information content (AvgIpc) is 3.08. The van der Waals surface area contributed by atoms with Crippen LogP contribution in [0.5, 0.6) is 5.75 Å². The fraction of sp³-hybridized carbons (Fsp3) is 0.400. The first-order valence-electron chi connectivity index (χ1n) is 7.33. The summed E-state index contributed by atoms with van der Waals surface area (Å²) in [6.45, 7) is 3.13. The SMILES string of the molecule is COc1ccc(S(=O)(=O)NCCc2cn3c(n2)SCC3)cc1C. The van der Waals surface area contributed by atoms with E-state index in [0.717, 1.165) is 28.7 Å². The molecular weight excluding hydrogens is 334 g/mol. The smallest absolute Gasteiger partial charge is 0.240 e. The van der Waals surface area contributed by atoms with Crippen molar-refractivity contribution in [3.05, 3.63) is 35.7 Å². The average molecular weight is 353 g/mol. The summed E-state index contributed by atoms with van der Waals surface area (Å²) in [6.07, 6.45) is 2.58. The Bertz CT molecular complexity index is 794. The molecule has 2 aromatic rings. The van der Waals surface area contributed by atoms with Gasteiger partial charge >= 0.3 is 0 Å². The van der Waals surface area contributed by atoms with Gasteiger partial charge in [0.05, 0.1) is 17.7 Å². The molecule has 1 aliphatic heterocycles. The fourth-order valence-electron chi connectivity index (χ4n) is 2.50. The minimum absolute atomic E-state index is 0.249. The van der Waals surface area contributed by atoms with E-state index < -0.39 is 10.0 Å². The molecule has 3 rings (SSSR count). The highest BCUT2D eigenvalue weighted by Crippen LogP contribution is 2.24. The molecule has 2 heterocycles. The third kappa shape index (κ3) is 3.54. The summed E-state index contributed by atoms with van der Waals surface area (Å²) >= 11 is 1.73. The third-order valence-corrected chi connectivity index (χ3v) is 6.13. The van der Waals surface area contributed by atoms with Crippen molar-refractivity contribution in [2.45, 2.75) is 29.9 Å². The highest BCUT2D eigenvalue weighted by Gasteiger charge is 2.17. The van der Waals surface area contributed by atoms with Gasteiger partial charge in [-0.15, -0.1) is 0 Å². The third-order valence-electron chi connectivity index (χ3n) is 3.70. The number of ether oxygens (including phenoxy) is 1. The van der Waals surface area contributed by atoms with Gasteiger partial charge in [-0.2, -0.15) is 0 Å². The Hall–Kier alpha value is -1.51. The summed E-state index contributed by atoms with van der Waals surface area (Å²) < 4.78 is 34.6. The molecule has 0 aliphatic carbocycles. The summed E-state index contributed by atoms with van der Waals surface area (Å²) in [4.78, 5) is 4.74. The highest BCUT2D eigenvalue weighted by molar-refractivity contribution is 7.99. The molecule has 1 aromatic carbocycles. The molecule has 6 nitrogen and oxygen atoms in total. The fourth-order valence-corrected chi connectivity index (χ4v) is 4.58. The topological polar surface area (TPSA) is 73.2 Å². The Morgan fingerprint density at radius 1 is 1.43 bits per heavy atom. The molecule has 0 saturated heterocycles. The number of benzene rings is 1. The van der Waals surface area contributed by atoms with Gasteiger partial charge in [0.15, 0.2) is 5.16 Å². The van der Waals surface area contributed by atoms with Crippen LogP contribution in [0.25, 0.3) is 0 Å². The second-order valence-electron chi connectivity index (χ2n) is 5.34. The van der Waals surface area contributed by atoms with Crippen LogP contribution in [0.1, 0.15) is 11.3 Å². The van der Waals surface area contributed by atoms with Gasteiger partial charge in [0.25, 0.3) is 0 Å². The molecule has 0 saturated carbocycles. The lowest BCUT2D eigenvalue weighted by atomic mass is 10.2. The van der Waals surface area contributed by atoms with Crippen molar-refractivity contribution in [2.24, 2.45) is 0 Å². The van der Waals surface area contributed by atoms with Crippen LogP contribution in [0.4, 0.5) is 0 Å². The zero-order valence-corrected chi connectivity index (χ0v) is 14.7. The van der Waals surface area contributed by atoms with Crippen molar-refractivity contribution in [1.29, 1.82) is 0 Å². The van der Waals surface area contributed by atoms with E-state index in [9.17, 15) is 8.42 Å². The van der Waals surface area contributed by atoms with Gasteiger partial charge in [0.2, 0.25) is 10.0 Å². The van der Waals surface area contributed by atoms with Gasteiger partial charge in [-0.3, -0.25) is 0 Å². The summed E-state index contributed by atoms with van der Waals surface area (Å²) in [5, 5.41) is 1.02. The van der Waals surface area contributed by atoms with Gasteiger partial charge in [-0.05, 0) is 30.7 Å². The first-order chi connectivity index (χ1) is 11.0. The van der Waals surface area contributed by atoms with Crippen molar-refractivity contribution < 1.29 is 13.2 Å². The molecule has 0 amide bonds. The zero-order valence-electron chi connectivity index (χ0n) is 13.1. The highest BCUT2D eigenvalue weighted by atomic mass is 32.2. The monoisotopic (exact) mass is 353 g/mol. The maximum atomic E-state index is 12.3. The first-order valence-corrected chi connectivity index (χ1v) is 9.79. The molecular formula is C15H19N3O3S2. The van der Waals surface area contributed by atoms with Crippen molar-refractivity contribution in [3.8, 4) is 5.75 Å². The van der Waals surface area contributed by atoms with Gasteiger partial charge in [-0.1, -0.05) is 11.8 Å². The molecule has 8 heteroatoms. The van der Waals surface area contributed by atoms with Crippen molar-refractivity contribution >= 4 is 21.8 Å². The molecule has 0 atom stereocenters.